The van der Waals surface area contributed by atoms with Crippen molar-refractivity contribution in [2.24, 2.45) is 0 Å². The van der Waals surface area contributed by atoms with Crippen molar-refractivity contribution in [3.63, 3.8) is 0 Å². The first-order valence-corrected chi connectivity index (χ1v) is 7.20. The van der Waals surface area contributed by atoms with E-state index in [0.717, 1.165) is 20.7 Å². The fourth-order valence-corrected chi connectivity index (χ4v) is 3.12. The number of halogens is 2. The summed E-state index contributed by atoms with van der Waals surface area (Å²) in [4.78, 5) is 5.53. The van der Waals surface area contributed by atoms with Crippen molar-refractivity contribution in [1.29, 1.82) is 0 Å². The van der Waals surface area contributed by atoms with Crippen molar-refractivity contribution in [1.82, 2.24) is 15.2 Å². The molecular weight excluding hydrogens is 334 g/mol. The molecule has 6 heteroatoms. The fraction of sp³-hybridized carbons (Fsp3) is 0. The maximum Gasteiger partial charge on any atom is 0.181 e. The normalized spacial score (nSPS) is 10.8. The summed E-state index contributed by atoms with van der Waals surface area (Å²) in [6.07, 6.45) is 0. The minimum absolute atomic E-state index is 0.640. The average Bonchev–Trinajstić information content (AvgIpc) is 2.99. The molecule has 0 fully saturated rings. The number of aromatic amines is 1. The molecule has 0 saturated carbocycles. The summed E-state index contributed by atoms with van der Waals surface area (Å²) in [6.45, 7) is 0. The second-order valence-corrected chi connectivity index (χ2v) is 5.94. The van der Waals surface area contributed by atoms with Gasteiger partial charge in [0.1, 0.15) is 0 Å². The molecule has 0 radical (unpaired) electrons. The van der Waals surface area contributed by atoms with Crippen LogP contribution in [0.1, 0.15) is 0 Å². The molecule has 2 aromatic heterocycles. The molecule has 1 N–H and O–H groups in total. The molecule has 0 amide bonds. The molecule has 2 heterocycles. The Labute approximate surface area is 121 Å². The molecule has 3 rings (SSSR count). The lowest BCUT2D eigenvalue weighted by Gasteiger charge is -1.97. The number of benzene rings is 1. The molecule has 0 spiro atoms. The van der Waals surface area contributed by atoms with E-state index in [1.165, 1.54) is 0 Å². The largest absolute Gasteiger partial charge is 0.258 e. The zero-order valence-corrected chi connectivity index (χ0v) is 12.2. The van der Waals surface area contributed by atoms with E-state index < -0.39 is 0 Å². The highest BCUT2D eigenvalue weighted by Gasteiger charge is 2.09. The van der Waals surface area contributed by atoms with Gasteiger partial charge in [0.15, 0.2) is 11.6 Å². The molecule has 3 nitrogen and oxygen atoms in total. The molecule has 3 aromatic rings. The Balaban J connectivity index is 2.03. The number of nitrogens with zero attached hydrogens (tertiary/aromatic N) is 2. The van der Waals surface area contributed by atoms with Crippen LogP contribution in [0.5, 0.6) is 0 Å². The number of thiophene rings is 1. The van der Waals surface area contributed by atoms with Crippen molar-refractivity contribution in [3.8, 4) is 22.1 Å². The van der Waals surface area contributed by atoms with Gasteiger partial charge in [-0.05, 0) is 29.6 Å². The summed E-state index contributed by atoms with van der Waals surface area (Å²) in [7, 11) is 0. The topological polar surface area (TPSA) is 41.6 Å². The van der Waals surface area contributed by atoms with Gasteiger partial charge in [0.05, 0.1) is 4.88 Å². The fourth-order valence-electron chi connectivity index (χ4n) is 1.60. The van der Waals surface area contributed by atoms with E-state index in [-0.39, 0.29) is 0 Å². The summed E-state index contributed by atoms with van der Waals surface area (Å²) in [5, 5.41) is 9.81. The molecule has 0 bridgehead atoms. The van der Waals surface area contributed by atoms with Crippen LogP contribution in [0.15, 0.2) is 40.2 Å². The standard InChI is InChI=1S/C12H7BrClN3S/c13-8-4-7(5-9(14)6-8)11-15-12(17-16-11)10-2-1-3-18-10/h1-6H,(H,15,16,17). The van der Waals surface area contributed by atoms with E-state index in [2.05, 4.69) is 31.1 Å². The van der Waals surface area contributed by atoms with E-state index in [4.69, 9.17) is 11.6 Å². The molecule has 0 aliphatic carbocycles. The molecule has 1 aromatic carbocycles. The highest BCUT2D eigenvalue weighted by molar-refractivity contribution is 9.10. The third kappa shape index (κ3) is 2.34. The lowest BCUT2D eigenvalue weighted by Crippen LogP contribution is -1.81. The summed E-state index contributed by atoms with van der Waals surface area (Å²) in [6, 6.07) is 9.60. The maximum atomic E-state index is 6.01. The Morgan fingerprint density at radius 1 is 1.28 bits per heavy atom. The minimum Gasteiger partial charge on any atom is -0.258 e. The monoisotopic (exact) mass is 339 g/mol. The van der Waals surface area contributed by atoms with Crippen LogP contribution in [0.2, 0.25) is 5.02 Å². The van der Waals surface area contributed by atoms with Gasteiger partial charge < -0.3 is 0 Å². The van der Waals surface area contributed by atoms with Gasteiger partial charge in [0.25, 0.3) is 0 Å². The molecular formula is C12H7BrClN3S. The van der Waals surface area contributed by atoms with E-state index in [9.17, 15) is 0 Å². The average molecular weight is 341 g/mol. The summed E-state index contributed by atoms with van der Waals surface area (Å²) in [5.74, 6) is 1.41. The lowest BCUT2D eigenvalue weighted by molar-refractivity contribution is 1.10. The van der Waals surface area contributed by atoms with E-state index in [0.29, 0.717) is 10.8 Å². The molecule has 0 aliphatic rings. The molecule has 0 saturated heterocycles. The van der Waals surface area contributed by atoms with Crippen LogP contribution in [-0.2, 0) is 0 Å². The first-order valence-electron chi connectivity index (χ1n) is 5.15. The number of aromatic nitrogens is 3. The number of H-pyrrole nitrogens is 1. The molecule has 0 aliphatic heterocycles. The van der Waals surface area contributed by atoms with Crippen LogP contribution >= 0.6 is 38.9 Å². The minimum atomic E-state index is 0.640. The van der Waals surface area contributed by atoms with E-state index >= 15 is 0 Å². The van der Waals surface area contributed by atoms with Gasteiger partial charge in [-0.3, -0.25) is 5.10 Å². The van der Waals surface area contributed by atoms with Crippen molar-refractivity contribution >= 4 is 38.9 Å². The van der Waals surface area contributed by atoms with Crippen LogP contribution in [0.4, 0.5) is 0 Å². The zero-order valence-electron chi connectivity index (χ0n) is 9.02. The van der Waals surface area contributed by atoms with Gasteiger partial charge in [-0.15, -0.1) is 11.3 Å². The molecule has 0 atom stereocenters. The van der Waals surface area contributed by atoms with Crippen molar-refractivity contribution in [2.75, 3.05) is 0 Å². The first kappa shape index (κ1) is 11.9. The van der Waals surface area contributed by atoms with Crippen LogP contribution in [0.25, 0.3) is 22.1 Å². The summed E-state index contributed by atoms with van der Waals surface area (Å²) in [5.41, 5.74) is 0.883. The number of nitrogens with one attached hydrogen (secondary N) is 1. The number of hydrogen-bond donors (Lipinski definition) is 1. The maximum absolute atomic E-state index is 6.01. The smallest absolute Gasteiger partial charge is 0.181 e. The zero-order chi connectivity index (χ0) is 12.5. The number of hydrogen-bond acceptors (Lipinski definition) is 3. The van der Waals surface area contributed by atoms with E-state index in [1.807, 2.05) is 35.7 Å². The van der Waals surface area contributed by atoms with Gasteiger partial charge in [-0.1, -0.05) is 33.6 Å². The van der Waals surface area contributed by atoms with Gasteiger partial charge in [0, 0.05) is 15.1 Å². The number of rotatable bonds is 2. The van der Waals surface area contributed by atoms with Crippen molar-refractivity contribution < 1.29 is 0 Å². The Kier molecular flexibility index (Phi) is 3.20. The molecule has 0 unspecified atom stereocenters. The lowest BCUT2D eigenvalue weighted by atomic mass is 10.2. The van der Waals surface area contributed by atoms with Crippen LogP contribution in [0.3, 0.4) is 0 Å². The Hall–Kier alpha value is -1.17. The van der Waals surface area contributed by atoms with Gasteiger partial charge in [-0.25, -0.2) is 4.98 Å². The highest BCUT2D eigenvalue weighted by Crippen LogP contribution is 2.27. The molecule has 90 valence electrons. The van der Waals surface area contributed by atoms with Crippen LogP contribution < -0.4 is 0 Å². The van der Waals surface area contributed by atoms with Gasteiger partial charge in [-0.2, -0.15) is 5.10 Å². The third-order valence-electron chi connectivity index (χ3n) is 2.36. The highest BCUT2D eigenvalue weighted by atomic mass is 79.9. The SMILES string of the molecule is Clc1cc(Br)cc(-c2n[nH]c(-c3cccs3)n2)c1. The summed E-state index contributed by atoms with van der Waals surface area (Å²) >= 11 is 11.0. The van der Waals surface area contributed by atoms with Gasteiger partial charge in [0.2, 0.25) is 0 Å². The Morgan fingerprint density at radius 2 is 2.17 bits per heavy atom. The predicted molar refractivity (Wildman–Crippen MR) is 77.8 cm³/mol. The van der Waals surface area contributed by atoms with Crippen molar-refractivity contribution in [3.05, 3.63) is 45.2 Å². The van der Waals surface area contributed by atoms with Gasteiger partial charge >= 0.3 is 0 Å². The quantitative estimate of drug-likeness (QED) is 0.740. The second kappa shape index (κ2) is 4.84. The third-order valence-corrected chi connectivity index (χ3v) is 3.91. The Bertz CT molecular complexity index is 658. The van der Waals surface area contributed by atoms with Crippen molar-refractivity contribution in [2.45, 2.75) is 0 Å². The van der Waals surface area contributed by atoms with E-state index in [1.54, 1.807) is 11.3 Å². The second-order valence-electron chi connectivity index (χ2n) is 3.64. The summed E-state index contributed by atoms with van der Waals surface area (Å²) < 4.78 is 0.910. The first-order chi connectivity index (χ1) is 8.72. The predicted octanol–water partition coefficient (Wildman–Crippen LogP) is 4.62. The Morgan fingerprint density at radius 3 is 2.89 bits per heavy atom. The van der Waals surface area contributed by atoms with Crippen LogP contribution in [0, 0.1) is 0 Å². The molecule has 18 heavy (non-hydrogen) atoms. The van der Waals surface area contributed by atoms with Crippen LogP contribution in [-0.4, -0.2) is 15.2 Å².